The lowest BCUT2D eigenvalue weighted by Crippen LogP contribution is -2.11. The van der Waals surface area contributed by atoms with Crippen molar-refractivity contribution < 1.29 is 13.2 Å². The van der Waals surface area contributed by atoms with Crippen LogP contribution in [-0.4, -0.2) is 26.8 Å². The molecule has 0 spiro atoms. The summed E-state index contributed by atoms with van der Waals surface area (Å²) in [7, 11) is -1.82. The van der Waals surface area contributed by atoms with Gasteiger partial charge in [-0.1, -0.05) is 45.0 Å². The second-order valence-electron chi connectivity index (χ2n) is 8.90. The van der Waals surface area contributed by atoms with Crippen LogP contribution >= 0.6 is 12.4 Å². The van der Waals surface area contributed by atoms with Gasteiger partial charge < -0.3 is 10.1 Å². The number of nitrogens with zero attached hydrogens (tertiary/aromatic N) is 1. The van der Waals surface area contributed by atoms with Crippen LogP contribution in [0.4, 0.5) is 17.1 Å². The molecule has 0 radical (unpaired) electrons. The van der Waals surface area contributed by atoms with Crippen LogP contribution in [0.3, 0.4) is 0 Å². The minimum absolute atomic E-state index is 0. The first-order chi connectivity index (χ1) is 15.0. The number of fused-ring (bicyclic) bond motifs is 2. The summed E-state index contributed by atoms with van der Waals surface area (Å²) in [6.45, 7) is 6.56. The highest BCUT2D eigenvalue weighted by Gasteiger charge is 2.17. The van der Waals surface area contributed by atoms with Crippen LogP contribution in [0.25, 0.3) is 21.8 Å². The van der Waals surface area contributed by atoms with E-state index in [0.29, 0.717) is 11.4 Å². The van der Waals surface area contributed by atoms with Crippen molar-refractivity contribution in [3.63, 3.8) is 0 Å². The molecule has 4 rings (SSSR count). The quantitative estimate of drug-likeness (QED) is 0.327. The van der Waals surface area contributed by atoms with Gasteiger partial charge in [-0.3, -0.25) is 4.72 Å². The molecular formula is C25H28ClN3O3S. The van der Waals surface area contributed by atoms with Crippen LogP contribution in [0, 0.1) is 0 Å². The Kier molecular flexibility index (Phi) is 6.77. The van der Waals surface area contributed by atoms with E-state index in [0.717, 1.165) is 39.4 Å². The molecule has 0 fully saturated rings. The molecule has 0 aliphatic carbocycles. The molecule has 33 heavy (non-hydrogen) atoms. The van der Waals surface area contributed by atoms with Gasteiger partial charge in [0.05, 0.1) is 41.5 Å². The number of sulfonamides is 1. The van der Waals surface area contributed by atoms with Gasteiger partial charge in [0.1, 0.15) is 5.75 Å². The summed E-state index contributed by atoms with van der Waals surface area (Å²) in [4.78, 5) is 4.85. The predicted octanol–water partition coefficient (Wildman–Crippen LogP) is 6.23. The standard InChI is InChI=1S/C25H27N3O3S.ClH/c1-25(2,3)16-10-12-21-19(14-16)24(18-8-6-7-9-20(18)26-21)27-22-13-11-17(15-23(22)31-4)28-32(5,29)30;/h6-15,28H,1-5H3,(H,26,27);1H. The average Bonchev–Trinajstić information content (AvgIpc) is 2.72. The number of nitrogens with one attached hydrogen (secondary N) is 2. The monoisotopic (exact) mass is 485 g/mol. The van der Waals surface area contributed by atoms with E-state index in [2.05, 4.69) is 49.0 Å². The van der Waals surface area contributed by atoms with Gasteiger partial charge in [-0.2, -0.15) is 0 Å². The summed E-state index contributed by atoms with van der Waals surface area (Å²) < 4.78 is 31.3. The summed E-state index contributed by atoms with van der Waals surface area (Å²) in [6.07, 6.45) is 1.12. The van der Waals surface area contributed by atoms with E-state index in [1.54, 1.807) is 25.3 Å². The molecule has 1 aromatic heterocycles. The molecule has 4 aromatic rings. The highest BCUT2D eigenvalue weighted by atomic mass is 35.5. The molecule has 0 amide bonds. The highest BCUT2D eigenvalue weighted by molar-refractivity contribution is 7.92. The van der Waals surface area contributed by atoms with Crippen molar-refractivity contribution in [1.29, 1.82) is 0 Å². The predicted molar refractivity (Wildman–Crippen MR) is 140 cm³/mol. The largest absolute Gasteiger partial charge is 0.494 e. The molecule has 0 atom stereocenters. The summed E-state index contributed by atoms with van der Waals surface area (Å²) in [5.74, 6) is 0.527. The highest BCUT2D eigenvalue weighted by Crippen LogP contribution is 2.38. The van der Waals surface area contributed by atoms with Crippen LogP contribution in [0.2, 0.25) is 0 Å². The average molecular weight is 486 g/mol. The van der Waals surface area contributed by atoms with Crippen LogP contribution in [0.5, 0.6) is 5.75 Å². The minimum atomic E-state index is -3.38. The van der Waals surface area contributed by atoms with Crippen LogP contribution in [-0.2, 0) is 15.4 Å². The maximum Gasteiger partial charge on any atom is 0.229 e. The Morgan fingerprint density at radius 3 is 2.27 bits per heavy atom. The molecule has 8 heteroatoms. The van der Waals surface area contributed by atoms with Gasteiger partial charge in [-0.15, -0.1) is 12.4 Å². The van der Waals surface area contributed by atoms with Crippen LogP contribution < -0.4 is 14.8 Å². The van der Waals surface area contributed by atoms with E-state index in [-0.39, 0.29) is 17.8 Å². The molecule has 6 nitrogen and oxygen atoms in total. The Morgan fingerprint density at radius 2 is 1.61 bits per heavy atom. The molecule has 0 unspecified atom stereocenters. The Balaban J connectivity index is 0.00000306. The van der Waals surface area contributed by atoms with E-state index in [9.17, 15) is 8.42 Å². The first-order valence-corrected chi connectivity index (χ1v) is 12.2. The number of methoxy groups -OCH3 is 1. The number of hydrogen-bond donors (Lipinski definition) is 2. The second kappa shape index (κ2) is 9.08. The van der Waals surface area contributed by atoms with E-state index in [1.807, 2.05) is 24.3 Å². The van der Waals surface area contributed by atoms with Crippen molar-refractivity contribution in [1.82, 2.24) is 4.98 Å². The number of rotatable bonds is 5. The van der Waals surface area contributed by atoms with Crippen molar-refractivity contribution in [3.05, 3.63) is 66.2 Å². The van der Waals surface area contributed by atoms with Crippen molar-refractivity contribution >= 4 is 61.3 Å². The summed E-state index contributed by atoms with van der Waals surface area (Å²) in [6, 6.07) is 19.5. The molecule has 0 saturated heterocycles. The van der Waals surface area contributed by atoms with Crippen molar-refractivity contribution in [2.45, 2.75) is 26.2 Å². The number of hydrogen-bond acceptors (Lipinski definition) is 5. The molecule has 1 heterocycles. The van der Waals surface area contributed by atoms with Crippen molar-refractivity contribution in [2.24, 2.45) is 0 Å². The zero-order valence-electron chi connectivity index (χ0n) is 19.3. The third-order valence-electron chi connectivity index (χ3n) is 5.31. The van der Waals surface area contributed by atoms with Gasteiger partial charge in [-0.05, 0) is 41.3 Å². The number of para-hydroxylation sites is 1. The van der Waals surface area contributed by atoms with Crippen LogP contribution in [0.1, 0.15) is 26.3 Å². The summed E-state index contributed by atoms with van der Waals surface area (Å²) >= 11 is 0. The van der Waals surface area contributed by atoms with E-state index >= 15 is 0 Å². The lowest BCUT2D eigenvalue weighted by atomic mass is 9.86. The molecule has 174 valence electrons. The molecule has 2 N–H and O–H groups in total. The fraction of sp³-hybridized carbons (Fsp3) is 0.240. The van der Waals surface area contributed by atoms with Crippen molar-refractivity contribution in [2.75, 3.05) is 23.4 Å². The SMILES string of the molecule is COc1cc(NS(C)(=O)=O)ccc1Nc1c2ccccc2nc2ccc(C(C)(C)C)cc12.Cl. The topological polar surface area (TPSA) is 80.3 Å². The summed E-state index contributed by atoms with van der Waals surface area (Å²) in [5, 5.41) is 5.54. The first kappa shape index (κ1) is 24.6. The number of anilines is 3. The fourth-order valence-electron chi connectivity index (χ4n) is 3.70. The first-order valence-electron chi connectivity index (χ1n) is 10.3. The number of pyridine rings is 1. The Morgan fingerprint density at radius 1 is 0.909 bits per heavy atom. The third kappa shape index (κ3) is 5.31. The number of benzene rings is 3. The maximum atomic E-state index is 11.6. The lowest BCUT2D eigenvalue weighted by Gasteiger charge is -2.21. The zero-order valence-corrected chi connectivity index (χ0v) is 20.9. The smallest absolute Gasteiger partial charge is 0.229 e. The third-order valence-corrected chi connectivity index (χ3v) is 5.92. The molecule has 3 aromatic carbocycles. The van der Waals surface area contributed by atoms with Gasteiger partial charge >= 0.3 is 0 Å². The lowest BCUT2D eigenvalue weighted by molar-refractivity contribution is 0.417. The van der Waals surface area contributed by atoms with Gasteiger partial charge in [0.2, 0.25) is 10.0 Å². The molecular weight excluding hydrogens is 458 g/mol. The van der Waals surface area contributed by atoms with Gasteiger partial charge in [-0.25, -0.2) is 13.4 Å². The minimum Gasteiger partial charge on any atom is -0.494 e. The molecule has 0 saturated carbocycles. The number of ether oxygens (including phenoxy) is 1. The van der Waals surface area contributed by atoms with Gasteiger partial charge in [0.15, 0.2) is 0 Å². The number of halogens is 1. The van der Waals surface area contributed by atoms with Crippen molar-refractivity contribution in [3.8, 4) is 5.75 Å². The Bertz CT molecular complexity index is 1430. The van der Waals surface area contributed by atoms with E-state index < -0.39 is 10.0 Å². The Hall–Kier alpha value is -3.03. The number of aromatic nitrogens is 1. The maximum absolute atomic E-state index is 11.6. The van der Waals surface area contributed by atoms with Gasteiger partial charge in [0, 0.05) is 16.8 Å². The fourth-order valence-corrected chi connectivity index (χ4v) is 4.25. The van der Waals surface area contributed by atoms with Gasteiger partial charge in [0.25, 0.3) is 0 Å². The second-order valence-corrected chi connectivity index (χ2v) is 10.6. The molecule has 0 aliphatic heterocycles. The summed E-state index contributed by atoms with van der Waals surface area (Å²) in [5.41, 5.74) is 5.09. The Labute approximate surface area is 200 Å². The van der Waals surface area contributed by atoms with Crippen LogP contribution in [0.15, 0.2) is 60.7 Å². The van der Waals surface area contributed by atoms with E-state index in [4.69, 9.17) is 9.72 Å². The normalized spacial score (nSPS) is 11.8. The van der Waals surface area contributed by atoms with E-state index in [1.165, 1.54) is 5.56 Å². The molecule has 0 bridgehead atoms. The zero-order chi connectivity index (χ0) is 23.1. The molecule has 0 aliphatic rings.